The van der Waals surface area contributed by atoms with Crippen LogP contribution in [0.25, 0.3) is 0 Å². The van der Waals surface area contributed by atoms with Crippen molar-refractivity contribution in [3.05, 3.63) is 0 Å². The number of aldehydes is 2. The Bertz CT molecular complexity index is 162. The second-order valence-corrected chi connectivity index (χ2v) is 2.77. The standard InChI is InChI=1S/C6H9NO2S/c8-2-1-6(4-9)5(3-10)7-6/h2,4-5,7,10H,1,3H2/t5?,6-/m1/s1. The molecule has 1 aliphatic heterocycles. The van der Waals surface area contributed by atoms with Gasteiger partial charge in [0.05, 0.1) is 5.54 Å². The fourth-order valence-electron chi connectivity index (χ4n) is 0.995. The van der Waals surface area contributed by atoms with Gasteiger partial charge in [-0.3, -0.25) is 5.32 Å². The summed E-state index contributed by atoms with van der Waals surface area (Å²) in [5.41, 5.74) is -0.566. The molecule has 1 unspecified atom stereocenters. The lowest BCUT2D eigenvalue weighted by atomic mass is 10.1. The predicted molar refractivity (Wildman–Crippen MR) is 40.3 cm³/mol. The molecular weight excluding hydrogens is 150 g/mol. The average molecular weight is 159 g/mol. The first-order valence-electron chi connectivity index (χ1n) is 3.07. The highest BCUT2D eigenvalue weighted by atomic mass is 32.1. The van der Waals surface area contributed by atoms with Crippen molar-refractivity contribution in [2.24, 2.45) is 0 Å². The fourth-order valence-corrected chi connectivity index (χ4v) is 1.41. The molecule has 1 saturated heterocycles. The number of nitrogens with one attached hydrogen (secondary N) is 1. The van der Waals surface area contributed by atoms with Crippen LogP contribution < -0.4 is 5.32 Å². The fraction of sp³-hybridized carbons (Fsp3) is 0.667. The Balaban J connectivity index is 2.49. The third-order valence-electron chi connectivity index (χ3n) is 1.80. The third-order valence-corrected chi connectivity index (χ3v) is 2.16. The van der Waals surface area contributed by atoms with Crippen molar-refractivity contribution in [3.63, 3.8) is 0 Å². The summed E-state index contributed by atoms with van der Waals surface area (Å²) in [4.78, 5) is 20.5. The minimum atomic E-state index is -0.566. The SMILES string of the molecule is O=CC[C@]1(C=O)NC1CS. The van der Waals surface area contributed by atoms with Gasteiger partial charge in [0.15, 0.2) is 0 Å². The highest BCUT2D eigenvalue weighted by molar-refractivity contribution is 7.80. The largest absolute Gasteiger partial charge is 0.303 e. The van der Waals surface area contributed by atoms with E-state index in [1.165, 1.54) is 0 Å². The van der Waals surface area contributed by atoms with E-state index in [1.54, 1.807) is 0 Å². The van der Waals surface area contributed by atoms with Crippen molar-refractivity contribution in [3.8, 4) is 0 Å². The molecule has 2 atom stereocenters. The van der Waals surface area contributed by atoms with Crippen LogP contribution in [-0.4, -0.2) is 29.9 Å². The Morgan fingerprint density at radius 3 is 2.60 bits per heavy atom. The van der Waals surface area contributed by atoms with E-state index in [0.717, 1.165) is 12.6 Å². The molecule has 0 aromatic heterocycles. The molecule has 1 rings (SSSR count). The number of carbonyl (C=O) groups excluding carboxylic acids is 2. The van der Waals surface area contributed by atoms with Crippen molar-refractivity contribution < 1.29 is 9.59 Å². The normalized spacial score (nSPS) is 37.1. The van der Waals surface area contributed by atoms with E-state index in [1.807, 2.05) is 0 Å². The zero-order valence-electron chi connectivity index (χ0n) is 5.41. The maximum absolute atomic E-state index is 10.4. The van der Waals surface area contributed by atoms with Crippen LogP contribution in [0, 0.1) is 0 Å². The molecule has 1 fully saturated rings. The second kappa shape index (κ2) is 2.72. The molecule has 0 bridgehead atoms. The zero-order valence-corrected chi connectivity index (χ0v) is 6.30. The summed E-state index contributed by atoms with van der Waals surface area (Å²) in [5.74, 6) is 0.604. The summed E-state index contributed by atoms with van der Waals surface area (Å²) in [6, 6.07) is 0.0959. The topological polar surface area (TPSA) is 56.1 Å². The first kappa shape index (κ1) is 7.75. The van der Waals surface area contributed by atoms with Crippen LogP contribution in [-0.2, 0) is 9.59 Å². The summed E-state index contributed by atoms with van der Waals surface area (Å²) in [5, 5.41) is 2.91. The van der Waals surface area contributed by atoms with Crippen molar-refractivity contribution in [1.82, 2.24) is 5.32 Å². The van der Waals surface area contributed by atoms with Crippen molar-refractivity contribution in [2.75, 3.05) is 5.75 Å². The molecular formula is C6H9NO2S. The summed E-state index contributed by atoms with van der Waals surface area (Å²) in [6.45, 7) is 0. The van der Waals surface area contributed by atoms with Gasteiger partial charge in [0.1, 0.15) is 12.6 Å². The van der Waals surface area contributed by atoms with Gasteiger partial charge in [-0.2, -0.15) is 12.6 Å². The van der Waals surface area contributed by atoms with E-state index in [2.05, 4.69) is 17.9 Å². The van der Waals surface area contributed by atoms with E-state index in [-0.39, 0.29) is 12.5 Å². The molecule has 0 amide bonds. The van der Waals surface area contributed by atoms with E-state index < -0.39 is 5.54 Å². The highest BCUT2D eigenvalue weighted by Gasteiger charge is 2.52. The van der Waals surface area contributed by atoms with Gasteiger partial charge in [0.25, 0.3) is 0 Å². The van der Waals surface area contributed by atoms with Crippen LogP contribution in [0.3, 0.4) is 0 Å². The van der Waals surface area contributed by atoms with E-state index >= 15 is 0 Å². The number of hydrogen-bond donors (Lipinski definition) is 2. The first-order chi connectivity index (χ1) is 4.79. The predicted octanol–water partition coefficient (Wildman–Crippen LogP) is -0.585. The third kappa shape index (κ3) is 1.09. The first-order valence-corrected chi connectivity index (χ1v) is 3.71. The molecule has 0 radical (unpaired) electrons. The molecule has 0 aliphatic carbocycles. The van der Waals surface area contributed by atoms with Crippen molar-refractivity contribution in [2.45, 2.75) is 18.0 Å². The van der Waals surface area contributed by atoms with Gasteiger partial charge in [0.2, 0.25) is 0 Å². The quantitative estimate of drug-likeness (QED) is 0.327. The van der Waals surface area contributed by atoms with Gasteiger partial charge >= 0.3 is 0 Å². The Hall–Kier alpha value is -0.350. The number of hydrogen-bond acceptors (Lipinski definition) is 4. The number of rotatable bonds is 4. The van der Waals surface area contributed by atoms with E-state index in [0.29, 0.717) is 5.75 Å². The summed E-state index contributed by atoms with van der Waals surface area (Å²) >= 11 is 4.00. The monoisotopic (exact) mass is 159 g/mol. The number of thiol groups is 1. The van der Waals surface area contributed by atoms with Crippen LogP contribution in [0.4, 0.5) is 0 Å². The Morgan fingerprint density at radius 1 is 1.60 bits per heavy atom. The minimum Gasteiger partial charge on any atom is -0.303 e. The van der Waals surface area contributed by atoms with Crippen LogP contribution in [0.2, 0.25) is 0 Å². The molecule has 0 aromatic carbocycles. The smallest absolute Gasteiger partial charge is 0.142 e. The van der Waals surface area contributed by atoms with Gasteiger partial charge in [-0.1, -0.05) is 0 Å². The molecule has 0 aromatic rings. The molecule has 1 heterocycles. The van der Waals surface area contributed by atoms with Gasteiger partial charge in [-0.25, -0.2) is 0 Å². The maximum atomic E-state index is 10.4. The molecule has 10 heavy (non-hydrogen) atoms. The minimum absolute atomic E-state index is 0.0959. The molecule has 1 N–H and O–H groups in total. The van der Waals surface area contributed by atoms with Crippen LogP contribution in [0.15, 0.2) is 0 Å². The Kier molecular flexibility index (Phi) is 2.11. The summed E-state index contributed by atoms with van der Waals surface area (Å²) < 4.78 is 0. The van der Waals surface area contributed by atoms with E-state index in [4.69, 9.17) is 0 Å². The molecule has 3 nitrogen and oxygen atoms in total. The van der Waals surface area contributed by atoms with Gasteiger partial charge in [0, 0.05) is 18.2 Å². The highest BCUT2D eigenvalue weighted by Crippen LogP contribution is 2.27. The molecule has 4 heteroatoms. The van der Waals surface area contributed by atoms with Crippen molar-refractivity contribution >= 4 is 25.2 Å². The molecule has 0 saturated carbocycles. The molecule has 56 valence electrons. The van der Waals surface area contributed by atoms with Gasteiger partial charge < -0.3 is 9.59 Å². The van der Waals surface area contributed by atoms with Crippen molar-refractivity contribution in [1.29, 1.82) is 0 Å². The summed E-state index contributed by atoms with van der Waals surface area (Å²) in [7, 11) is 0. The lowest BCUT2D eigenvalue weighted by Gasteiger charge is -1.97. The van der Waals surface area contributed by atoms with Crippen LogP contribution >= 0.6 is 12.6 Å². The second-order valence-electron chi connectivity index (χ2n) is 2.41. The zero-order chi connectivity index (χ0) is 7.61. The number of carbonyl (C=O) groups is 2. The lowest BCUT2D eigenvalue weighted by molar-refractivity contribution is -0.114. The summed E-state index contributed by atoms with van der Waals surface area (Å²) in [6.07, 6.45) is 1.81. The lowest BCUT2D eigenvalue weighted by Crippen LogP contribution is -2.20. The molecule has 0 spiro atoms. The van der Waals surface area contributed by atoms with Crippen LogP contribution in [0.5, 0.6) is 0 Å². The van der Waals surface area contributed by atoms with E-state index in [9.17, 15) is 9.59 Å². The maximum Gasteiger partial charge on any atom is 0.142 e. The van der Waals surface area contributed by atoms with Crippen LogP contribution in [0.1, 0.15) is 6.42 Å². The van der Waals surface area contributed by atoms with Gasteiger partial charge in [-0.05, 0) is 0 Å². The Morgan fingerprint density at radius 2 is 2.30 bits per heavy atom. The van der Waals surface area contributed by atoms with Gasteiger partial charge in [-0.15, -0.1) is 0 Å². The average Bonchev–Trinajstić information content (AvgIpc) is 2.65. The molecule has 1 aliphatic rings. The Labute approximate surface area is 64.6 Å².